The largest absolute Gasteiger partial charge is 0.325 e. The van der Waals surface area contributed by atoms with Crippen molar-refractivity contribution in [2.45, 2.75) is 13.5 Å². The number of carbonyl (C=O) groups excluding carboxylic acids is 1. The summed E-state index contributed by atoms with van der Waals surface area (Å²) >= 11 is 5.82. The zero-order chi connectivity index (χ0) is 15.1. The number of halogens is 1. The van der Waals surface area contributed by atoms with Crippen LogP contribution in [0.25, 0.3) is 0 Å². The monoisotopic (exact) mass is 302 g/mol. The second-order valence-electron chi connectivity index (χ2n) is 4.84. The van der Waals surface area contributed by atoms with E-state index in [1.54, 1.807) is 24.3 Å². The third-order valence-corrected chi connectivity index (χ3v) is 3.44. The van der Waals surface area contributed by atoms with Crippen molar-refractivity contribution < 1.29 is 4.79 Å². The Bertz CT molecular complexity index is 569. The maximum absolute atomic E-state index is 12.1. The third kappa shape index (κ3) is 5.21. The molecule has 110 valence electrons. The Morgan fingerprint density at radius 2 is 1.76 bits per heavy atom. The molecule has 0 spiro atoms. The molecule has 2 rings (SSSR count). The zero-order valence-electron chi connectivity index (χ0n) is 12.1. The molecule has 4 heteroatoms. The smallest absolute Gasteiger partial charge is 0.238 e. The molecule has 21 heavy (non-hydrogen) atoms. The average Bonchev–Trinajstić information content (AvgIpc) is 2.50. The number of nitrogens with one attached hydrogen (secondary N) is 1. The lowest BCUT2D eigenvalue weighted by molar-refractivity contribution is -0.117. The Hall–Kier alpha value is -1.84. The molecule has 0 aliphatic rings. The quantitative estimate of drug-likeness (QED) is 0.880. The number of nitrogens with zero attached hydrogens (tertiary/aromatic N) is 1. The Balaban J connectivity index is 1.89. The van der Waals surface area contributed by atoms with Crippen molar-refractivity contribution in [2.75, 3.05) is 18.4 Å². The van der Waals surface area contributed by atoms with Crippen LogP contribution >= 0.6 is 11.6 Å². The minimum Gasteiger partial charge on any atom is -0.325 e. The summed E-state index contributed by atoms with van der Waals surface area (Å²) in [7, 11) is 0. The molecule has 0 saturated heterocycles. The summed E-state index contributed by atoms with van der Waals surface area (Å²) in [6.07, 6.45) is 0. The van der Waals surface area contributed by atoms with Crippen LogP contribution in [-0.4, -0.2) is 23.9 Å². The molecule has 0 atom stereocenters. The van der Waals surface area contributed by atoms with Crippen molar-refractivity contribution in [3.63, 3.8) is 0 Å². The molecule has 0 aromatic heterocycles. The summed E-state index contributed by atoms with van der Waals surface area (Å²) in [5, 5.41) is 3.54. The van der Waals surface area contributed by atoms with E-state index in [1.807, 2.05) is 18.2 Å². The summed E-state index contributed by atoms with van der Waals surface area (Å²) in [5.74, 6) is -0.0184. The Labute approximate surface area is 130 Å². The zero-order valence-corrected chi connectivity index (χ0v) is 12.8. The van der Waals surface area contributed by atoms with Gasteiger partial charge in [0, 0.05) is 17.3 Å². The van der Waals surface area contributed by atoms with Crippen molar-refractivity contribution >= 4 is 23.2 Å². The van der Waals surface area contributed by atoms with Crippen LogP contribution in [0, 0.1) is 0 Å². The average molecular weight is 303 g/mol. The Morgan fingerprint density at radius 3 is 2.38 bits per heavy atom. The van der Waals surface area contributed by atoms with E-state index in [9.17, 15) is 4.79 Å². The molecule has 0 aliphatic carbocycles. The summed E-state index contributed by atoms with van der Waals surface area (Å²) in [6, 6.07) is 17.3. The van der Waals surface area contributed by atoms with Gasteiger partial charge in [-0.15, -0.1) is 0 Å². The number of carbonyl (C=O) groups is 1. The molecule has 0 radical (unpaired) electrons. The standard InChI is InChI=1S/C17H19ClN2O/c1-2-20(12-14-6-4-3-5-7-14)13-17(21)19-16-10-8-15(18)9-11-16/h3-11H,2,12-13H2,1H3,(H,19,21). The van der Waals surface area contributed by atoms with Crippen LogP contribution in [0.3, 0.4) is 0 Å². The van der Waals surface area contributed by atoms with Crippen LogP contribution in [0.5, 0.6) is 0 Å². The first-order chi connectivity index (χ1) is 10.2. The van der Waals surface area contributed by atoms with E-state index < -0.39 is 0 Å². The molecular formula is C17H19ClN2O. The number of benzene rings is 2. The summed E-state index contributed by atoms with van der Waals surface area (Å²) in [4.78, 5) is 14.2. The maximum atomic E-state index is 12.1. The van der Waals surface area contributed by atoms with Gasteiger partial charge in [0.15, 0.2) is 0 Å². The van der Waals surface area contributed by atoms with E-state index in [-0.39, 0.29) is 5.91 Å². The van der Waals surface area contributed by atoms with Crippen molar-refractivity contribution in [3.8, 4) is 0 Å². The van der Waals surface area contributed by atoms with Gasteiger partial charge >= 0.3 is 0 Å². The fourth-order valence-electron chi connectivity index (χ4n) is 2.06. The lowest BCUT2D eigenvalue weighted by Crippen LogP contribution is -2.32. The van der Waals surface area contributed by atoms with Crippen molar-refractivity contribution in [3.05, 3.63) is 65.2 Å². The fraction of sp³-hybridized carbons (Fsp3) is 0.235. The van der Waals surface area contributed by atoms with Crippen molar-refractivity contribution in [1.29, 1.82) is 0 Å². The van der Waals surface area contributed by atoms with Crippen molar-refractivity contribution in [1.82, 2.24) is 4.90 Å². The van der Waals surface area contributed by atoms with E-state index in [1.165, 1.54) is 5.56 Å². The highest BCUT2D eigenvalue weighted by Crippen LogP contribution is 2.13. The van der Waals surface area contributed by atoms with Gasteiger partial charge in [-0.25, -0.2) is 0 Å². The SMILES string of the molecule is CCN(CC(=O)Nc1ccc(Cl)cc1)Cc1ccccc1. The predicted molar refractivity (Wildman–Crippen MR) is 87.5 cm³/mol. The molecule has 3 nitrogen and oxygen atoms in total. The number of rotatable bonds is 6. The molecule has 0 bridgehead atoms. The highest BCUT2D eigenvalue weighted by atomic mass is 35.5. The van der Waals surface area contributed by atoms with Gasteiger partial charge in [-0.1, -0.05) is 48.9 Å². The van der Waals surface area contributed by atoms with Gasteiger partial charge in [0.05, 0.1) is 6.54 Å². The first-order valence-electron chi connectivity index (χ1n) is 6.99. The van der Waals surface area contributed by atoms with Crippen LogP contribution in [0.2, 0.25) is 5.02 Å². The number of hydrogen-bond acceptors (Lipinski definition) is 2. The number of amides is 1. The van der Waals surface area contributed by atoms with Gasteiger partial charge < -0.3 is 5.32 Å². The number of hydrogen-bond donors (Lipinski definition) is 1. The van der Waals surface area contributed by atoms with Gasteiger partial charge in [-0.2, -0.15) is 0 Å². The molecule has 0 heterocycles. The minimum atomic E-state index is -0.0184. The highest BCUT2D eigenvalue weighted by Gasteiger charge is 2.09. The predicted octanol–water partition coefficient (Wildman–Crippen LogP) is 3.80. The van der Waals surface area contributed by atoms with E-state index in [4.69, 9.17) is 11.6 Å². The van der Waals surface area contributed by atoms with Gasteiger partial charge in [-0.3, -0.25) is 9.69 Å². The van der Waals surface area contributed by atoms with Gasteiger partial charge in [0.25, 0.3) is 0 Å². The molecular weight excluding hydrogens is 284 g/mol. The molecule has 0 saturated carbocycles. The lowest BCUT2D eigenvalue weighted by Gasteiger charge is -2.20. The van der Waals surface area contributed by atoms with Crippen LogP contribution < -0.4 is 5.32 Å². The second kappa shape index (κ2) is 7.81. The molecule has 0 aliphatic heterocycles. The van der Waals surface area contributed by atoms with E-state index >= 15 is 0 Å². The molecule has 0 unspecified atom stereocenters. The molecule has 2 aromatic rings. The fourth-order valence-corrected chi connectivity index (χ4v) is 2.18. The van der Waals surface area contributed by atoms with E-state index in [2.05, 4.69) is 29.3 Å². The molecule has 1 N–H and O–H groups in total. The van der Waals surface area contributed by atoms with Crippen LogP contribution in [0.1, 0.15) is 12.5 Å². The summed E-state index contributed by atoms with van der Waals surface area (Å²) in [6.45, 7) is 4.01. The normalized spacial score (nSPS) is 10.6. The second-order valence-corrected chi connectivity index (χ2v) is 5.28. The van der Waals surface area contributed by atoms with E-state index in [0.717, 1.165) is 18.8 Å². The minimum absolute atomic E-state index is 0.0184. The molecule has 2 aromatic carbocycles. The first kappa shape index (κ1) is 15.5. The lowest BCUT2D eigenvalue weighted by atomic mass is 10.2. The number of anilines is 1. The first-order valence-corrected chi connectivity index (χ1v) is 7.37. The van der Waals surface area contributed by atoms with Gasteiger partial charge in [0.1, 0.15) is 0 Å². The third-order valence-electron chi connectivity index (χ3n) is 3.19. The summed E-state index contributed by atoms with van der Waals surface area (Å²) < 4.78 is 0. The van der Waals surface area contributed by atoms with Crippen LogP contribution in [-0.2, 0) is 11.3 Å². The van der Waals surface area contributed by atoms with Crippen LogP contribution in [0.15, 0.2) is 54.6 Å². The van der Waals surface area contributed by atoms with Gasteiger partial charge in [-0.05, 0) is 36.4 Å². The van der Waals surface area contributed by atoms with Gasteiger partial charge in [0.2, 0.25) is 5.91 Å². The molecule has 1 amide bonds. The maximum Gasteiger partial charge on any atom is 0.238 e. The van der Waals surface area contributed by atoms with Crippen molar-refractivity contribution in [2.24, 2.45) is 0 Å². The highest BCUT2D eigenvalue weighted by molar-refractivity contribution is 6.30. The van der Waals surface area contributed by atoms with E-state index in [0.29, 0.717) is 11.6 Å². The Morgan fingerprint density at radius 1 is 1.10 bits per heavy atom. The summed E-state index contributed by atoms with van der Waals surface area (Å²) in [5.41, 5.74) is 1.97. The topological polar surface area (TPSA) is 32.3 Å². The molecule has 0 fully saturated rings. The number of likely N-dealkylation sites (N-methyl/N-ethyl adjacent to an activating group) is 1. The van der Waals surface area contributed by atoms with Crippen LogP contribution in [0.4, 0.5) is 5.69 Å². The Kier molecular flexibility index (Phi) is 5.78.